The zero-order chi connectivity index (χ0) is 14.6. The maximum Gasteiger partial charge on any atom is 0.211 e. The first kappa shape index (κ1) is 16.2. The van der Waals surface area contributed by atoms with Crippen molar-refractivity contribution in [3.05, 3.63) is 0 Å². The first-order valence-corrected chi connectivity index (χ1v) is 10.0. The predicted molar refractivity (Wildman–Crippen MR) is 83.3 cm³/mol. The van der Waals surface area contributed by atoms with Gasteiger partial charge in [0.2, 0.25) is 10.0 Å². The molecule has 0 amide bonds. The Labute approximate surface area is 124 Å². The van der Waals surface area contributed by atoms with Crippen LogP contribution in [0.15, 0.2) is 0 Å². The molecule has 2 aliphatic heterocycles. The van der Waals surface area contributed by atoms with Gasteiger partial charge in [0.1, 0.15) is 0 Å². The molecule has 5 heteroatoms. The van der Waals surface area contributed by atoms with E-state index >= 15 is 0 Å². The van der Waals surface area contributed by atoms with E-state index in [0.717, 1.165) is 32.4 Å². The predicted octanol–water partition coefficient (Wildman–Crippen LogP) is 2.36. The maximum absolute atomic E-state index is 11.7. The Kier molecular flexibility index (Phi) is 5.49. The molecule has 2 saturated heterocycles. The summed E-state index contributed by atoms with van der Waals surface area (Å²) in [5.41, 5.74) is 0.252. The Morgan fingerprint density at radius 2 is 2.05 bits per heavy atom. The Morgan fingerprint density at radius 3 is 2.75 bits per heavy atom. The molecule has 118 valence electrons. The van der Waals surface area contributed by atoms with E-state index in [0.29, 0.717) is 12.5 Å². The van der Waals surface area contributed by atoms with E-state index in [2.05, 4.69) is 12.2 Å². The number of hydrogen-bond donors (Lipinski definition) is 1. The number of rotatable bonds is 4. The molecule has 0 bridgehead atoms. The standard InChI is InChI=1S/C15H30N2O2S/c1-3-15(9-5-4-6-10-16-15)12-14-8-7-11-17(13-14)20(2,18)19/h14,16H,3-13H2,1-2H3. The SMILES string of the molecule is CCC1(CC2CCCN(S(C)(=O)=O)C2)CCCCCN1. The maximum atomic E-state index is 11.7. The molecule has 0 saturated carbocycles. The van der Waals surface area contributed by atoms with E-state index < -0.39 is 10.0 Å². The van der Waals surface area contributed by atoms with Crippen LogP contribution >= 0.6 is 0 Å². The summed E-state index contributed by atoms with van der Waals surface area (Å²) in [6.07, 6.45) is 11.0. The van der Waals surface area contributed by atoms with Crippen LogP contribution in [0.3, 0.4) is 0 Å². The molecular weight excluding hydrogens is 272 g/mol. The van der Waals surface area contributed by atoms with E-state index in [-0.39, 0.29) is 5.54 Å². The van der Waals surface area contributed by atoms with E-state index in [1.165, 1.54) is 38.4 Å². The third-order valence-electron chi connectivity index (χ3n) is 5.14. The topological polar surface area (TPSA) is 49.4 Å². The van der Waals surface area contributed by atoms with Crippen molar-refractivity contribution in [1.29, 1.82) is 0 Å². The van der Waals surface area contributed by atoms with Gasteiger partial charge >= 0.3 is 0 Å². The Balaban J connectivity index is 1.99. The Morgan fingerprint density at radius 1 is 1.25 bits per heavy atom. The van der Waals surface area contributed by atoms with Gasteiger partial charge in [-0.25, -0.2) is 12.7 Å². The lowest BCUT2D eigenvalue weighted by Gasteiger charge is -2.39. The highest BCUT2D eigenvalue weighted by atomic mass is 32.2. The van der Waals surface area contributed by atoms with Gasteiger partial charge in [0, 0.05) is 18.6 Å². The molecule has 2 fully saturated rings. The van der Waals surface area contributed by atoms with Crippen LogP contribution in [-0.2, 0) is 10.0 Å². The molecule has 0 radical (unpaired) electrons. The normalized spacial score (nSPS) is 33.8. The van der Waals surface area contributed by atoms with Gasteiger partial charge < -0.3 is 5.32 Å². The van der Waals surface area contributed by atoms with E-state index in [4.69, 9.17) is 0 Å². The minimum Gasteiger partial charge on any atom is -0.311 e. The number of piperidine rings is 1. The molecular formula is C15H30N2O2S. The summed E-state index contributed by atoms with van der Waals surface area (Å²) in [7, 11) is -3.02. The highest BCUT2D eigenvalue weighted by Crippen LogP contribution is 2.33. The summed E-state index contributed by atoms with van der Waals surface area (Å²) < 4.78 is 25.2. The van der Waals surface area contributed by atoms with E-state index in [1.807, 2.05) is 0 Å². The zero-order valence-electron chi connectivity index (χ0n) is 13.0. The summed E-state index contributed by atoms with van der Waals surface area (Å²) in [5, 5.41) is 3.78. The Bertz CT molecular complexity index is 400. The molecule has 0 spiro atoms. The van der Waals surface area contributed by atoms with E-state index in [1.54, 1.807) is 4.31 Å². The van der Waals surface area contributed by atoms with Crippen LogP contribution in [0.4, 0.5) is 0 Å². The largest absolute Gasteiger partial charge is 0.311 e. The van der Waals surface area contributed by atoms with Gasteiger partial charge in [0.15, 0.2) is 0 Å². The third-order valence-corrected chi connectivity index (χ3v) is 6.41. The fourth-order valence-corrected chi connectivity index (χ4v) is 4.82. The van der Waals surface area contributed by atoms with Crippen LogP contribution in [0.5, 0.6) is 0 Å². The fourth-order valence-electron chi connectivity index (χ4n) is 3.87. The van der Waals surface area contributed by atoms with Crippen LogP contribution in [0, 0.1) is 5.92 Å². The molecule has 2 aliphatic rings. The van der Waals surface area contributed by atoms with Crippen molar-refractivity contribution in [2.75, 3.05) is 25.9 Å². The second kappa shape index (κ2) is 6.75. The second-order valence-corrected chi connectivity index (χ2v) is 8.69. The molecule has 4 nitrogen and oxygen atoms in total. The van der Waals surface area contributed by atoms with Crippen molar-refractivity contribution in [2.45, 2.75) is 63.8 Å². The number of nitrogens with zero attached hydrogens (tertiary/aromatic N) is 1. The van der Waals surface area contributed by atoms with Crippen LogP contribution in [0.1, 0.15) is 58.3 Å². The number of nitrogens with one attached hydrogen (secondary N) is 1. The Hall–Kier alpha value is -0.130. The average Bonchev–Trinajstić information content (AvgIpc) is 2.64. The van der Waals surface area contributed by atoms with Gasteiger partial charge in [-0.2, -0.15) is 0 Å². The van der Waals surface area contributed by atoms with Crippen LogP contribution < -0.4 is 5.32 Å². The van der Waals surface area contributed by atoms with Crippen LogP contribution in [-0.4, -0.2) is 44.2 Å². The molecule has 0 aromatic carbocycles. The minimum absolute atomic E-state index is 0.252. The highest BCUT2D eigenvalue weighted by Gasteiger charge is 2.34. The summed E-state index contributed by atoms with van der Waals surface area (Å²) in [6.45, 7) is 4.83. The first-order chi connectivity index (χ1) is 9.45. The van der Waals surface area contributed by atoms with Crippen molar-refractivity contribution in [3.63, 3.8) is 0 Å². The van der Waals surface area contributed by atoms with Gasteiger partial charge in [-0.15, -0.1) is 0 Å². The molecule has 2 unspecified atom stereocenters. The molecule has 0 aromatic heterocycles. The molecule has 0 aliphatic carbocycles. The first-order valence-electron chi connectivity index (χ1n) is 8.15. The monoisotopic (exact) mass is 302 g/mol. The molecule has 1 N–H and O–H groups in total. The lowest BCUT2D eigenvalue weighted by molar-refractivity contribution is 0.180. The molecule has 0 aromatic rings. The van der Waals surface area contributed by atoms with Gasteiger partial charge in [0.25, 0.3) is 0 Å². The molecule has 2 heterocycles. The average molecular weight is 302 g/mol. The zero-order valence-corrected chi connectivity index (χ0v) is 13.8. The van der Waals surface area contributed by atoms with Crippen LogP contribution in [0.2, 0.25) is 0 Å². The minimum atomic E-state index is -3.02. The summed E-state index contributed by atoms with van der Waals surface area (Å²) in [6, 6.07) is 0. The van der Waals surface area contributed by atoms with Crippen molar-refractivity contribution in [1.82, 2.24) is 9.62 Å². The lowest BCUT2D eigenvalue weighted by Crippen LogP contribution is -2.48. The summed E-state index contributed by atoms with van der Waals surface area (Å²) in [5.74, 6) is 0.518. The van der Waals surface area contributed by atoms with E-state index in [9.17, 15) is 8.42 Å². The quantitative estimate of drug-likeness (QED) is 0.867. The van der Waals surface area contributed by atoms with Crippen molar-refractivity contribution in [3.8, 4) is 0 Å². The highest BCUT2D eigenvalue weighted by molar-refractivity contribution is 7.88. The molecule has 2 atom stereocenters. The number of sulfonamides is 1. The summed E-state index contributed by atoms with van der Waals surface area (Å²) in [4.78, 5) is 0. The fraction of sp³-hybridized carbons (Fsp3) is 1.00. The molecule has 20 heavy (non-hydrogen) atoms. The van der Waals surface area contributed by atoms with Crippen LogP contribution in [0.25, 0.3) is 0 Å². The van der Waals surface area contributed by atoms with Crippen molar-refractivity contribution >= 4 is 10.0 Å². The second-order valence-electron chi connectivity index (χ2n) is 6.70. The van der Waals surface area contributed by atoms with Crippen molar-refractivity contribution in [2.24, 2.45) is 5.92 Å². The van der Waals surface area contributed by atoms with Gasteiger partial charge in [0.05, 0.1) is 6.26 Å². The van der Waals surface area contributed by atoms with Crippen molar-refractivity contribution < 1.29 is 8.42 Å². The third kappa shape index (κ3) is 4.18. The summed E-state index contributed by atoms with van der Waals surface area (Å²) >= 11 is 0. The smallest absolute Gasteiger partial charge is 0.211 e. The van der Waals surface area contributed by atoms with Gasteiger partial charge in [-0.1, -0.05) is 19.8 Å². The number of hydrogen-bond acceptors (Lipinski definition) is 3. The van der Waals surface area contributed by atoms with Gasteiger partial charge in [-0.3, -0.25) is 0 Å². The molecule has 2 rings (SSSR count). The lowest BCUT2D eigenvalue weighted by atomic mass is 9.79. The van der Waals surface area contributed by atoms with Gasteiger partial charge in [-0.05, 0) is 51.0 Å².